The molecule has 1 aliphatic carbocycles. The first-order chi connectivity index (χ1) is 7.98. The summed E-state index contributed by atoms with van der Waals surface area (Å²) in [5.74, 6) is -0.228. The highest BCUT2D eigenvalue weighted by Crippen LogP contribution is 2.31. The lowest BCUT2D eigenvalue weighted by Gasteiger charge is -2.25. The van der Waals surface area contributed by atoms with E-state index in [0.717, 1.165) is 12.3 Å². The van der Waals surface area contributed by atoms with Crippen LogP contribution < -0.4 is 10.6 Å². The van der Waals surface area contributed by atoms with Crippen molar-refractivity contribution in [3.8, 4) is 0 Å². The molecular formula is C12H22N2O3. The Morgan fingerprint density at radius 2 is 2.06 bits per heavy atom. The van der Waals surface area contributed by atoms with Gasteiger partial charge in [0.05, 0.1) is 0 Å². The first kappa shape index (κ1) is 13.8. The predicted molar refractivity (Wildman–Crippen MR) is 64.8 cm³/mol. The van der Waals surface area contributed by atoms with Gasteiger partial charge < -0.3 is 15.7 Å². The SMILES string of the molecule is CCCC(C)(NC(=O)NCCC1CC1)C(=O)O. The number of carboxylic acid groups (broad SMARTS) is 1. The highest BCUT2D eigenvalue weighted by molar-refractivity contribution is 5.85. The van der Waals surface area contributed by atoms with Crippen molar-refractivity contribution in [2.75, 3.05) is 6.54 Å². The van der Waals surface area contributed by atoms with Crippen molar-refractivity contribution in [2.45, 2.75) is 51.5 Å². The van der Waals surface area contributed by atoms with E-state index in [9.17, 15) is 9.59 Å². The van der Waals surface area contributed by atoms with Crippen molar-refractivity contribution in [2.24, 2.45) is 5.92 Å². The molecule has 0 spiro atoms. The maximum absolute atomic E-state index is 11.6. The van der Waals surface area contributed by atoms with Gasteiger partial charge in [0.15, 0.2) is 0 Å². The standard InChI is InChI=1S/C12H22N2O3/c1-3-7-12(2,10(15)16)14-11(17)13-8-6-9-4-5-9/h9H,3-8H2,1-2H3,(H,15,16)(H2,13,14,17). The van der Waals surface area contributed by atoms with Crippen LogP contribution >= 0.6 is 0 Å². The number of amides is 2. The zero-order valence-electron chi connectivity index (χ0n) is 10.6. The highest BCUT2D eigenvalue weighted by Gasteiger charge is 2.33. The minimum Gasteiger partial charge on any atom is -0.480 e. The van der Waals surface area contributed by atoms with Crippen LogP contribution in [0.5, 0.6) is 0 Å². The van der Waals surface area contributed by atoms with Crippen LogP contribution in [0.3, 0.4) is 0 Å². The van der Waals surface area contributed by atoms with Crippen molar-refractivity contribution in [3.05, 3.63) is 0 Å². The van der Waals surface area contributed by atoms with Crippen molar-refractivity contribution < 1.29 is 14.7 Å². The largest absolute Gasteiger partial charge is 0.480 e. The van der Waals surface area contributed by atoms with Gasteiger partial charge in [-0.2, -0.15) is 0 Å². The van der Waals surface area contributed by atoms with Gasteiger partial charge in [-0.25, -0.2) is 9.59 Å². The average molecular weight is 242 g/mol. The minimum absolute atomic E-state index is 0.385. The molecule has 1 fully saturated rings. The minimum atomic E-state index is -1.17. The molecule has 0 aromatic heterocycles. The van der Waals surface area contributed by atoms with Crippen LogP contribution in [0.1, 0.15) is 46.0 Å². The molecule has 0 aromatic rings. The third kappa shape index (κ3) is 4.63. The van der Waals surface area contributed by atoms with E-state index in [1.54, 1.807) is 6.92 Å². The summed E-state index contributed by atoms with van der Waals surface area (Å²) in [5, 5.41) is 14.3. The molecule has 5 heteroatoms. The smallest absolute Gasteiger partial charge is 0.329 e. The molecule has 1 unspecified atom stereocenters. The Morgan fingerprint density at radius 3 is 2.53 bits per heavy atom. The fourth-order valence-electron chi connectivity index (χ4n) is 1.81. The summed E-state index contributed by atoms with van der Waals surface area (Å²) in [5.41, 5.74) is -1.17. The number of aliphatic carboxylic acids is 1. The van der Waals surface area contributed by atoms with Gasteiger partial charge in [0, 0.05) is 6.54 Å². The van der Waals surface area contributed by atoms with Gasteiger partial charge in [-0.3, -0.25) is 0 Å². The Hall–Kier alpha value is -1.26. The number of rotatable bonds is 7. The van der Waals surface area contributed by atoms with E-state index in [0.29, 0.717) is 19.4 Å². The zero-order valence-corrected chi connectivity index (χ0v) is 10.6. The van der Waals surface area contributed by atoms with E-state index < -0.39 is 11.5 Å². The van der Waals surface area contributed by atoms with Crippen LogP contribution in [0.2, 0.25) is 0 Å². The number of carbonyl (C=O) groups is 2. The van der Waals surface area contributed by atoms with Crippen molar-refractivity contribution >= 4 is 12.0 Å². The fourth-order valence-corrected chi connectivity index (χ4v) is 1.81. The van der Waals surface area contributed by atoms with E-state index >= 15 is 0 Å². The molecule has 0 bridgehead atoms. The van der Waals surface area contributed by atoms with Crippen LogP contribution in [-0.4, -0.2) is 29.2 Å². The van der Waals surface area contributed by atoms with Crippen molar-refractivity contribution in [3.63, 3.8) is 0 Å². The molecule has 5 nitrogen and oxygen atoms in total. The molecule has 17 heavy (non-hydrogen) atoms. The number of nitrogens with one attached hydrogen (secondary N) is 2. The normalized spacial score (nSPS) is 18.2. The molecule has 0 radical (unpaired) electrons. The monoisotopic (exact) mass is 242 g/mol. The fraction of sp³-hybridized carbons (Fsp3) is 0.833. The average Bonchev–Trinajstić information content (AvgIpc) is 3.01. The summed E-state index contributed by atoms with van der Waals surface area (Å²) in [4.78, 5) is 22.7. The molecule has 0 aromatic carbocycles. The van der Waals surface area contributed by atoms with Gasteiger partial charge in [-0.1, -0.05) is 26.2 Å². The number of carboxylic acids is 1. The van der Waals surface area contributed by atoms with E-state index in [-0.39, 0.29) is 6.03 Å². The van der Waals surface area contributed by atoms with Crippen LogP contribution in [0, 0.1) is 5.92 Å². The first-order valence-corrected chi connectivity index (χ1v) is 6.27. The molecule has 1 rings (SSSR count). The lowest BCUT2D eigenvalue weighted by molar-refractivity contribution is -0.144. The first-order valence-electron chi connectivity index (χ1n) is 6.27. The summed E-state index contributed by atoms with van der Waals surface area (Å²) in [6.45, 7) is 4.06. The molecule has 0 heterocycles. The third-order valence-corrected chi connectivity index (χ3v) is 3.15. The Morgan fingerprint density at radius 1 is 1.41 bits per heavy atom. The van der Waals surface area contributed by atoms with Crippen molar-refractivity contribution in [1.29, 1.82) is 0 Å². The number of carbonyl (C=O) groups excluding carboxylic acids is 1. The van der Waals surface area contributed by atoms with Gasteiger partial charge in [-0.15, -0.1) is 0 Å². The summed E-state index contributed by atoms with van der Waals surface area (Å²) in [6, 6.07) is -0.385. The second-order valence-corrected chi connectivity index (χ2v) is 5.00. The van der Waals surface area contributed by atoms with E-state index in [4.69, 9.17) is 5.11 Å². The van der Waals surface area contributed by atoms with E-state index in [1.165, 1.54) is 12.8 Å². The second kappa shape index (κ2) is 5.89. The molecule has 98 valence electrons. The highest BCUT2D eigenvalue weighted by atomic mass is 16.4. The summed E-state index contributed by atoms with van der Waals surface area (Å²) in [6.07, 6.45) is 4.65. The molecule has 1 aliphatic rings. The second-order valence-electron chi connectivity index (χ2n) is 5.00. The number of hydrogen-bond donors (Lipinski definition) is 3. The van der Waals surface area contributed by atoms with Crippen LogP contribution in [0.25, 0.3) is 0 Å². The molecule has 2 amide bonds. The quantitative estimate of drug-likeness (QED) is 0.636. The van der Waals surface area contributed by atoms with Crippen LogP contribution in [0.15, 0.2) is 0 Å². The van der Waals surface area contributed by atoms with Crippen LogP contribution in [0.4, 0.5) is 4.79 Å². The van der Waals surface area contributed by atoms with Gasteiger partial charge in [0.25, 0.3) is 0 Å². The maximum Gasteiger partial charge on any atom is 0.329 e. The molecular weight excluding hydrogens is 220 g/mol. The van der Waals surface area contributed by atoms with E-state index in [2.05, 4.69) is 10.6 Å². The van der Waals surface area contributed by atoms with E-state index in [1.807, 2.05) is 6.92 Å². The van der Waals surface area contributed by atoms with Gasteiger partial charge in [0.2, 0.25) is 0 Å². The summed E-state index contributed by atoms with van der Waals surface area (Å²) >= 11 is 0. The Bertz CT molecular complexity index is 289. The van der Waals surface area contributed by atoms with Crippen molar-refractivity contribution in [1.82, 2.24) is 10.6 Å². The molecule has 3 N–H and O–H groups in total. The Kier molecular flexibility index (Phi) is 4.78. The lowest BCUT2D eigenvalue weighted by atomic mass is 9.97. The zero-order chi connectivity index (χ0) is 12.9. The molecule has 0 saturated heterocycles. The molecule has 1 atom stereocenters. The lowest BCUT2D eigenvalue weighted by Crippen LogP contribution is -2.55. The number of hydrogen-bond acceptors (Lipinski definition) is 2. The summed E-state index contributed by atoms with van der Waals surface area (Å²) < 4.78 is 0. The third-order valence-electron chi connectivity index (χ3n) is 3.15. The topological polar surface area (TPSA) is 78.4 Å². The number of urea groups is 1. The van der Waals surface area contributed by atoms with Gasteiger partial charge in [0.1, 0.15) is 5.54 Å². The summed E-state index contributed by atoms with van der Waals surface area (Å²) in [7, 11) is 0. The molecule has 1 saturated carbocycles. The molecule has 0 aliphatic heterocycles. The Labute approximate surface area is 102 Å². The predicted octanol–water partition coefficient (Wildman–Crippen LogP) is 1.73. The van der Waals surface area contributed by atoms with Gasteiger partial charge >= 0.3 is 12.0 Å². The Balaban J connectivity index is 2.31. The van der Waals surface area contributed by atoms with Gasteiger partial charge in [-0.05, 0) is 25.7 Å². The maximum atomic E-state index is 11.6. The van der Waals surface area contributed by atoms with Crippen LogP contribution in [-0.2, 0) is 4.79 Å².